The van der Waals surface area contributed by atoms with Crippen LogP contribution in [0.15, 0.2) is 42.7 Å². The van der Waals surface area contributed by atoms with Crippen LogP contribution in [0.4, 0.5) is 5.82 Å². The molecule has 0 aliphatic carbocycles. The molecule has 4 heterocycles. The van der Waals surface area contributed by atoms with E-state index < -0.39 is 0 Å². The Morgan fingerprint density at radius 1 is 0.938 bits per heavy atom. The lowest BCUT2D eigenvalue weighted by molar-refractivity contribution is 0.250. The Kier molecular flexibility index (Phi) is 6.02. The summed E-state index contributed by atoms with van der Waals surface area (Å²) in [7, 11) is 0. The molecule has 5 rings (SSSR count). The van der Waals surface area contributed by atoms with E-state index in [2.05, 4.69) is 46.3 Å². The molecule has 32 heavy (non-hydrogen) atoms. The second-order valence-corrected chi connectivity index (χ2v) is 8.19. The van der Waals surface area contributed by atoms with Crippen LogP contribution in [0, 0.1) is 6.92 Å². The average Bonchev–Trinajstić information content (AvgIpc) is 3.49. The van der Waals surface area contributed by atoms with Crippen molar-refractivity contribution in [1.29, 1.82) is 0 Å². The van der Waals surface area contributed by atoms with Crippen LogP contribution in [0.1, 0.15) is 25.0 Å². The number of anilines is 1. The minimum atomic E-state index is 0.667. The van der Waals surface area contributed by atoms with Crippen molar-refractivity contribution in [2.75, 3.05) is 37.6 Å². The van der Waals surface area contributed by atoms with Crippen LogP contribution >= 0.6 is 0 Å². The zero-order chi connectivity index (χ0) is 21.8. The standard InChI is InChI=1S/C22H28N10/c1-18-16-20(32-22(25-18)23-17-24-32)30-14-12-29(13-15-30)10-6-3-7-11-31-27-21(26-28-31)19-8-4-2-5-9-19/h2,4-5,8-9,16-17H,3,6-7,10-15H2,1H3. The van der Waals surface area contributed by atoms with Crippen LogP contribution in [0.5, 0.6) is 0 Å². The topological polar surface area (TPSA) is 93.2 Å². The van der Waals surface area contributed by atoms with Crippen molar-refractivity contribution in [3.8, 4) is 11.4 Å². The minimum Gasteiger partial charge on any atom is -0.354 e. The lowest BCUT2D eigenvalue weighted by Crippen LogP contribution is -2.47. The van der Waals surface area contributed by atoms with E-state index in [-0.39, 0.29) is 0 Å². The van der Waals surface area contributed by atoms with Gasteiger partial charge in [0.25, 0.3) is 5.78 Å². The number of aromatic nitrogens is 8. The molecule has 0 amide bonds. The Morgan fingerprint density at radius 3 is 2.59 bits per heavy atom. The van der Waals surface area contributed by atoms with Crippen molar-refractivity contribution in [3.05, 3.63) is 48.4 Å². The second kappa shape index (κ2) is 9.39. The van der Waals surface area contributed by atoms with E-state index in [1.54, 1.807) is 11.1 Å². The largest absolute Gasteiger partial charge is 0.354 e. The zero-order valence-corrected chi connectivity index (χ0v) is 18.4. The first-order valence-electron chi connectivity index (χ1n) is 11.2. The summed E-state index contributed by atoms with van der Waals surface area (Å²) in [5, 5.41) is 17.2. The van der Waals surface area contributed by atoms with Gasteiger partial charge in [-0.3, -0.25) is 4.90 Å². The van der Waals surface area contributed by atoms with Gasteiger partial charge in [-0.15, -0.1) is 10.2 Å². The maximum Gasteiger partial charge on any atom is 0.254 e. The maximum absolute atomic E-state index is 4.49. The molecule has 4 aromatic rings. The molecule has 1 aliphatic heterocycles. The van der Waals surface area contributed by atoms with Crippen molar-refractivity contribution < 1.29 is 0 Å². The normalized spacial score (nSPS) is 15.0. The molecule has 0 saturated carbocycles. The number of fused-ring (bicyclic) bond motifs is 1. The molecule has 0 N–H and O–H groups in total. The number of tetrazole rings is 1. The molecule has 1 saturated heterocycles. The Bertz CT molecular complexity index is 1140. The van der Waals surface area contributed by atoms with Gasteiger partial charge in [0.15, 0.2) is 0 Å². The molecule has 1 aromatic carbocycles. The van der Waals surface area contributed by atoms with Crippen molar-refractivity contribution in [2.45, 2.75) is 32.7 Å². The molecule has 166 valence electrons. The fourth-order valence-corrected chi connectivity index (χ4v) is 4.14. The van der Waals surface area contributed by atoms with Crippen LogP contribution in [0.2, 0.25) is 0 Å². The summed E-state index contributed by atoms with van der Waals surface area (Å²) >= 11 is 0. The van der Waals surface area contributed by atoms with E-state index in [1.807, 2.05) is 41.8 Å². The third-order valence-corrected chi connectivity index (χ3v) is 5.87. The molecule has 10 heteroatoms. The van der Waals surface area contributed by atoms with Crippen molar-refractivity contribution in [2.24, 2.45) is 0 Å². The monoisotopic (exact) mass is 432 g/mol. The smallest absolute Gasteiger partial charge is 0.254 e. The van der Waals surface area contributed by atoms with E-state index in [9.17, 15) is 0 Å². The molecule has 10 nitrogen and oxygen atoms in total. The number of benzene rings is 1. The summed E-state index contributed by atoms with van der Waals surface area (Å²) in [4.78, 5) is 15.3. The quantitative estimate of drug-likeness (QED) is 0.391. The van der Waals surface area contributed by atoms with Gasteiger partial charge in [0.2, 0.25) is 5.82 Å². The van der Waals surface area contributed by atoms with Crippen molar-refractivity contribution in [1.82, 2.24) is 44.7 Å². The van der Waals surface area contributed by atoms with E-state index in [4.69, 9.17) is 0 Å². The summed E-state index contributed by atoms with van der Waals surface area (Å²) in [5.41, 5.74) is 1.98. The van der Waals surface area contributed by atoms with E-state index in [0.29, 0.717) is 11.6 Å². The molecule has 0 bridgehead atoms. The molecule has 3 aromatic heterocycles. The van der Waals surface area contributed by atoms with Crippen molar-refractivity contribution in [3.63, 3.8) is 0 Å². The van der Waals surface area contributed by atoms with E-state index >= 15 is 0 Å². The number of unbranched alkanes of at least 4 members (excludes halogenated alkanes) is 2. The summed E-state index contributed by atoms with van der Waals surface area (Å²) in [5.74, 6) is 2.44. The highest BCUT2D eigenvalue weighted by Gasteiger charge is 2.20. The predicted molar refractivity (Wildman–Crippen MR) is 121 cm³/mol. The van der Waals surface area contributed by atoms with Crippen LogP contribution in [-0.4, -0.2) is 77.4 Å². The zero-order valence-electron chi connectivity index (χ0n) is 18.4. The number of hydrogen-bond donors (Lipinski definition) is 0. The van der Waals surface area contributed by atoms with Gasteiger partial charge in [-0.25, -0.2) is 4.98 Å². The Morgan fingerprint density at radius 2 is 1.75 bits per heavy atom. The molecule has 1 aliphatic rings. The Balaban J connectivity index is 1.04. The van der Waals surface area contributed by atoms with Gasteiger partial charge >= 0.3 is 0 Å². The summed E-state index contributed by atoms with van der Waals surface area (Å²) in [6.45, 7) is 8.04. The highest BCUT2D eigenvalue weighted by Crippen LogP contribution is 2.18. The number of hydrogen-bond acceptors (Lipinski definition) is 8. The number of nitrogens with zero attached hydrogens (tertiary/aromatic N) is 10. The molecule has 0 spiro atoms. The highest BCUT2D eigenvalue weighted by atomic mass is 15.6. The van der Waals surface area contributed by atoms with Gasteiger partial charge in [-0.05, 0) is 31.5 Å². The lowest BCUT2D eigenvalue weighted by atomic mass is 10.2. The van der Waals surface area contributed by atoms with Crippen molar-refractivity contribution >= 4 is 11.6 Å². The SMILES string of the molecule is Cc1cc(N2CCN(CCCCCn3nnc(-c4ccccc4)n3)CC2)n2ncnc2n1. The third kappa shape index (κ3) is 4.59. The molecule has 0 unspecified atom stereocenters. The first-order valence-corrected chi connectivity index (χ1v) is 11.2. The fraction of sp³-hybridized carbons (Fsp3) is 0.455. The number of rotatable bonds is 8. The minimum absolute atomic E-state index is 0.667. The highest BCUT2D eigenvalue weighted by molar-refractivity contribution is 5.53. The van der Waals surface area contributed by atoms with Gasteiger partial charge in [0.1, 0.15) is 12.1 Å². The van der Waals surface area contributed by atoms with Crippen LogP contribution < -0.4 is 4.90 Å². The van der Waals surface area contributed by atoms with Gasteiger partial charge in [0.05, 0.1) is 6.54 Å². The summed E-state index contributed by atoms with van der Waals surface area (Å²) < 4.78 is 1.84. The lowest BCUT2D eigenvalue weighted by Gasteiger charge is -2.36. The molecule has 1 fully saturated rings. The first kappa shape index (κ1) is 20.5. The van der Waals surface area contributed by atoms with Crippen LogP contribution in [-0.2, 0) is 6.54 Å². The number of aryl methyl sites for hydroxylation is 2. The second-order valence-electron chi connectivity index (χ2n) is 8.19. The van der Waals surface area contributed by atoms with Gasteiger partial charge < -0.3 is 4.90 Å². The first-order chi connectivity index (χ1) is 15.8. The third-order valence-electron chi connectivity index (χ3n) is 5.87. The van der Waals surface area contributed by atoms with E-state index in [1.165, 1.54) is 6.42 Å². The molecule has 0 atom stereocenters. The van der Waals surface area contributed by atoms with Gasteiger partial charge in [-0.1, -0.05) is 36.8 Å². The average molecular weight is 433 g/mol. The molecular weight excluding hydrogens is 404 g/mol. The van der Waals surface area contributed by atoms with Gasteiger partial charge in [0, 0.05) is 43.5 Å². The number of piperazine rings is 1. The molecule has 0 radical (unpaired) electrons. The summed E-state index contributed by atoms with van der Waals surface area (Å²) in [6, 6.07) is 12.1. The Labute approximate surface area is 186 Å². The maximum atomic E-state index is 4.49. The van der Waals surface area contributed by atoms with Crippen LogP contribution in [0.25, 0.3) is 17.2 Å². The van der Waals surface area contributed by atoms with Crippen LogP contribution in [0.3, 0.4) is 0 Å². The Hall–Kier alpha value is -3.40. The summed E-state index contributed by atoms with van der Waals surface area (Å²) in [6.07, 6.45) is 4.97. The van der Waals surface area contributed by atoms with Gasteiger partial charge in [-0.2, -0.15) is 19.4 Å². The molecular formula is C22H28N10. The fourth-order valence-electron chi connectivity index (χ4n) is 4.14. The predicted octanol–water partition coefficient (Wildman–Crippen LogP) is 2.08. The van der Waals surface area contributed by atoms with E-state index in [0.717, 1.165) is 69.2 Å².